The number of carboxylic acid groups (broad SMARTS) is 1. The molecule has 4 nitrogen and oxygen atoms in total. The van der Waals surface area contributed by atoms with Gasteiger partial charge in [-0.15, -0.1) is 0 Å². The first-order valence-electron chi connectivity index (χ1n) is 4.02. The molecule has 4 heteroatoms. The number of hydrogen-bond acceptors (Lipinski definition) is 2. The largest absolute Gasteiger partial charge is 0.474 e. The lowest BCUT2D eigenvalue weighted by molar-refractivity contribution is -0.149. The smallest absolute Gasteiger partial charge is 0.394 e. The zero-order valence-corrected chi connectivity index (χ0v) is 7.28. The van der Waals surface area contributed by atoms with Crippen LogP contribution in [0.2, 0.25) is 0 Å². The van der Waals surface area contributed by atoms with Crippen molar-refractivity contribution in [2.75, 3.05) is 0 Å². The van der Waals surface area contributed by atoms with Crippen molar-refractivity contribution in [2.24, 2.45) is 5.92 Å². The maximum atomic E-state index is 10.7. The summed E-state index contributed by atoms with van der Waals surface area (Å²) in [4.78, 5) is 20.9. The molecule has 0 aromatic heterocycles. The molecule has 0 saturated carbocycles. The van der Waals surface area contributed by atoms with Gasteiger partial charge < -0.3 is 10.4 Å². The molecule has 13 heavy (non-hydrogen) atoms. The molecule has 0 spiro atoms. The number of nitrogens with one attached hydrogen (secondary N) is 1. The normalized spacial score (nSPS) is 20.7. The van der Waals surface area contributed by atoms with Gasteiger partial charge in [0.15, 0.2) is 0 Å². The molecule has 70 valence electrons. The van der Waals surface area contributed by atoms with E-state index in [9.17, 15) is 9.59 Å². The number of carbonyl (C=O) groups excluding carboxylic acids is 1. The molecule has 0 radical (unpaired) electrons. The van der Waals surface area contributed by atoms with Crippen LogP contribution >= 0.6 is 0 Å². The molecule has 1 rings (SSSR count). The van der Waals surface area contributed by atoms with E-state index in [-0.39, 0.29) is 0 Å². The second-order valence-corrected chi connectivity index (χ2v) is 2.99. The number of amides is 1. The number of carbonyl (C=O) groups is 2. The number of carboxylic acids is 1. The van der Waals surface area contributed by atoms with E-state index in [1.54, 1.807) is 6.08 Å². The Hall–Kier alpha value is -1.58. The minimum Gasteiger partial charge on any atom is -0.474 e. The molecular formula is C9H11NO3. The molecule has 0 aromatic carbocycles. The van der Waals surface area contributed by atoms with Gasteiger partial charge in [-0.3, -0.25) is 4.79 Å². The number of hydrogen-bond donors (Lipinski definition) is 2. The molecule has 0 fully saturated rings. The van der Waals surface area contributed by atoms with Crippen LogP contribution in [0.3, 0.4) is 0 Å². The van der Waals surface area contributed by atoms with Crippen LogP contribution in [0.15, 0.2) is 23.9 Å². The minimum absolute atomic E-state index is 0.450. The number of allylic oxidation sites excluding steroid dienone is 3. The molecule has 1 unspecified atom stereocenters. The fourth-order valence-corrected chi connectivity index (χ4v) is 1.00. The quantitative estimate of drug-likeness (QED) is 0.584. The van der Waals surface area contributed by atoms with Gasteiger partial charge in [0.2, 0.25) is 0 Å². The third-order valence-electron chi connectivity index (χ3n) is 1.77. The molecule has 0 aliphatic heterocycles. The van der Waals surface area contributed by atoms with Crippen molar-refractivity contribution in [3.63, 3.8) is 0 Å². The van der Waals surface area contributed by atoms with Crippen molar-refractivity contribution in [1.29, 1.82) is 0 Å². The van der Waals surface area contributed by atoms with Gasteiger partial charge in [0.25, 0.3) is 0 Å². The molecule has 1 aliphatic rings. The second kappa shape index (κ2) is 3.89. The molecular weight excluding hydrogens is 170 g/mol. The Morgan fingerprint density at radius 1 is 1.62 bits per heavy atom. The van der Waals surface area contributed by atoms with Gasteiger partial charge in [-0.2, -0.15) is 0 Å². The van der Waals surface area contributed by atoms with Gasteiger partial charge in [0.05, 0.1) is 0 Å². The Morgan fingerprint density at radius 2 is 2.31 bits per heavy atom. The lowest BCUT2D eigenvalue weighted by Gasteiger charge is -2.11. The summed E-state index contributed by atoms with van der Waals surface area (Å²) in [5, 5.41) is 10.6. The highest BCUT2D eigenvalue weighted by atomic mass is 16.4. The maximum Gasteiger partial charge on any atom is 0.394 e. The molecule has 1 atom stereocenters. The van der Waals surface area contributed by atoms with Crippen LogP contribution in [0, 0.1) is 5.92 Å². The second-order valence-electron chi connectivity index (χ2n) is 2.99. The summed E-state index contributed by atoms with van der Waals surface area (Å²) in [6, 6.07) is 0. The molecule has 1 aliphatic carbocycles. The van der Waals surface area contributed by atoms with Crippen molar-refractivity contribution >= 4 is 11.9 Å². The highest BCUT2D eigenvalue weighted by molar-refractivity contribution is 6.32. The summed E-state index contributed by atoms with van der Waals surface area (Å²) in [6.45, 7) is 2.04. The van der Waals surface area contributed by atoms with Crippen molar-refractivity contribution in [1.82, 2.24) is 5.32 Å². The average molecular weight is 181 g/mol. The molecule has 0 aromatic rings. The highest BCUT2D eigenvalue weighted by Gasteiger charge is 2.12. The van der Waals surface area contributed by atoms with Crippen LogP contribution in [0.4, 0.5) is 0 Å². The van der Waals surface area contributed by atoms with Gasteiger partial charge >= 0.3 is 11.9 Å². The average Bonchev–Trinajstić information content (AvgIpc) is 2.08. The Labute approximate surface area is 75.9 Å². The van der Waals surface area contributed by atoms with E-state index in [0.29, 0.717) is 11.6 Å². The van der Waals surface area contributed by atoms with Crippen molar-refractivity contribution in [3.05, 3.63) is 23.9 Å². The predicted molar refractivity (Wildman–Crippen MR) is 46.8 cm³/mol. The first kappa shape index (κ1) is 9.51. The van der Waals surface area contributed by atoms with E-state index in [0.717, 1.165) is 6.42 Å². The minimum atomic E-state index is -1.46. The van der Waals surface area contributed by atoms with Gasteiger partial charge in [0, 0.05) is 5.70 Å². The van der Waals surface area contributed by atoms with E-state index in [2.05, 4.69) is 5.32 Å². The Balaban J connectivity index is 2.52. The predicted octanol–water partition coefficient (Wildman–Crippen LogP) is 0.667. The van der Waals surface area contributed by atoms with E-state index >= 15 is 0 Å². The first-order chi connectivity index (χ1) is 6.09. The van der Waals surface area contributed by atoms with Crippen LogP contribution in [0.1, 0.15) is 13.3 Å². The van der Waals surface area contributed by atoms with Crippen molar-refractivity contribution in [2.45, 2.75) is 13.3 Å². The lowest BCUT2D eigenvalue weighted by atomic mass is 10.0. The van der Waals surface area contributed by atoms with Crippen LogP contribution < -0.4 is 5.32 Å². The Morgan fingerprint density at radius 3 is 2.77 bits per heavy atom. The summed E-state index contributed by atoms with van der Waals surface area (Å²) in [7, 11) is 0. The Kier molecular flexibility index (Phi) is 2.84. The van der Waals surface area contributed by atoms with Gasteiger partial charge in [0.1, 0.15) is 0 Å². The topological polar surface area (TPSA) is 66.4 Å². The highest BCUT2D eigenvalue weighted by Crippen LogP contribution is 2.13. The van der Waals surface area contributed by atoms with E-state index in [1.165, 1.54) is 0 Å². The molecule has 2 N–H and O–H groups in total. The Bertz CT molecular complexity index is 291. The first-order valence-corrected chi connectivity index (χ1v) is 4.02. The summed E-state index contributed by atoms with van der Waals surface area (Å²) < 4.78 is 0. The van der Waals surface area contributed by atoms with Crippen LogP contribution in [-0.4, -0.2) is 17.0 Å². The fourth-order valence-electron chi connectivity index (χ4n) is 1.00. The lowest BCUT2D eigenvalue weighted by Crippen LogP contribution is -2.30. The van der Waals surface area contributed by atoms with E-state index in [4.69, 9.17) is 5.11 Å². The summed E-state index contributed by atoms with van der Waals surface area (Å²) in [5.41, 5.74) is 0.561. The number of rotatable bonds is 1. The summed E-state index contributed by atoms with van der Waals surface area (Å²) >= 11 is 0. The molecule has 0 saturated heterocycles. The molecule has 0 bridgehead atoms. The van der Waals surface area contributed by atoms with Crippen molar-refractivity contribution in [3.8, 4) is 0 Å². The van der Waals surface area contributed by atoms with E-state index in [1.807, 2.05) is 19.1 Å². The van der Waals surface area contributed by atoms with Gasteiger partial charge in [-0.05, 0) is 18.4 Å². The molecule has 0 heterocycles. The van der Waals surface area contributed by atoms with Crippen LogP contribution in [0.25, 0.3) is 0 Å². The van der Waals surface area contributed by atoms with Gasteiger partial charge in [-0.1, -0.05) is 19.1 Å². The van der Waals surface area contributed by atoms with Crippen LogP contribution in [0.5, 0.6) is 0 Å². The monoisotopic (exact) mass is 181 g/mol. The van der Waals surface area contributed by atoms with E-state index < -0.39 is 11.9 Å². The maximum absolute atomic E-state index is 10.7. The SMILES string of the molecule is CC1C=CC(NC(=O)C(=O)O)=CC1. The van der Waals surface area contributed by atoms with Crippen LogP contribution in [-0.2, 0) is 9.59 Å². The number of aliphatic carboxylic acids is 1. The third kappa shape index (κ3) is 2.74. The summed E-state index contributed by atoms with van der Waals surface area (Å²) in [6.07, 6.45) is 6.28. The third-order valence-corrected chi connectivity index (χ3v) is 1.77. The van der Waals surface area contributed by atoms with Crippen molar-refractivity contribution < 1.29 is 14.7 Å². The van der Waals surface area contributed by atoms with Gasteiger partial charge in [-0.25, -0.2) is 4.79 Å². The molecule has 1 amide bonds. The summed E-state index contributed by atoms with van der Waals surface area (Å²) in [5.74, 6) is -2.01. The zero-order valence-electron chi connectivity index (χ0n) is 7.28. The standard InChI is InChI=1S/C9H11NO3/c1-6-2-4-7(5-3-6)10-8(11)9(12)13/h2,4-6H,3H2,1H3,(H,10,11)(H,12,13). The fraction of sp³-hybridized carbons (Fsp3) is 0.333. The zero-order chi connectivity index (χ0) is 9.84.